The third kappa shape index (κ3) is 4.33. The van der Waals surface area contributed by atoms with E-state index in [9.17, 15) is 0 Å². The molecule has 0 atom stereocenters. The Hall–Kier alpha value is -3.96. The van der Waals surface area contributed by atoms with E-state index in [-0.39, 0.29) is 0 Å². The Morgan fingerprint density at radius 1 is 0.310 bits per heavy atom. The van der Waals surface area contributed by atoms with Crippen LogP contribution < -0.4 is 35.6 Å². The second kappa shape index (κ2) is 11.0. The van der Waals surface area contributed by atoms with Crippen molar-refractivity contribution in [3.8, 4) is 33.8 Å². The van der Waals surface area contributed by atoms with Crippen LogP contribution in [0.2, 0.25) is 0 Å². The zero-order valence-electron chi connectivity index (χ0n) is 23.0. The molecule has 2 heterocycles. The topological polar surface area (TPSA) is 18.5 Å². The second-order valence-corrected chi connectivity index (χ2v) is 19.3. The van der Waals surface area contributed by atoms with Crippen molar-refractivity contribution in [3.05, 3.63) is 146 Å². The number of benzene rings is 6. The summed E-state index contributed by atoms with van der Waals surface area (Å²) in [5, 5.41) is 0. The average Bonchev–Trinajstić information content (AvgIpc) is 3.57. The summed E-state index contributed by atoms with van der Waals surface area (Å²) >= 11 is -3.44. The van der Waals surface area contributed by atoms with Crippen LogP contribution in [0.1, 0.15) is 0 Å². The zero-order valence-corrected chi connectivity index (χ0v) is 26.7. The first kappa shape index (κ1) is 25.7. The normalized spacial score (nSPS) is 13.2. The molecule has 0 radical (unpaired) electrons. The molecule has 0 amide bonds. The fourth-order valence-corrected chi connectivity index (χ4v) is 17.6. The molecular weight excluding hydrogens is 638 g/mol. The summed E-state index contributed by atoms with van der Waals surface area (Å²) in [7, 11) is 0. The van der Waals surface area contributed by atoms with E-state index >= 15 is 0 Å². The van der Waals surface area contributed by atoms with E-state index in [1.54, 1.807) is 0 Å². The van der Waals surface area contributed by atoms with Crippen LogP contribution in [0, 0.1) is 0 Å². The minimum atomic E-state index is -1.72. The van der Waals surface area contributed by atoms with E-state index in [0.717, 1.165) is 11.5 Å². The molecule has 2 aliphatic heterocycles. The predicted octanol–water partition coefficient (Wildman–Crippen LogP) is 4.14. The van der Waals surface area contributed by atoms with Gasteiger partial charge in [-0.25, -0.2) is 0 Å². The molecule has 0 saturated heterocycles. The SMILES string of the molecule is c1ccc([As]2c3ccccc3-c3ccccc32)c(OCCOc2ccccc2[As]2c3ccccc3-c3ccccc32)c1. The van der Waals surface area contributed by atoms with Gasteiger partial charge in [0.25, 0.3) is 0 Å². The van der Waals surface area contributed by atoms with Gasteiger partial charge in [-0.15, -0.1) is 0 Å². The Labute approximate surface area is 256 Å². The fraction of sp³-hybridized carbons (Fsp3) is 0.0526. The molecule has 6 aromatic carbocycles. The van der Waals surface area contributed by atoms with Gasteiger partial charge in [-0.05, 0) is 0 Å². The summed E-state index contributed by atoms with van der Waals surface area (Å²) in [5.41, 5.74) is 5.51. The van der Waals surface area contributed by atoms with Gasteiger partial charge in [-0.1, -0.05) is 0 Å². The van der Waals surface area contributed by atoms with E-state index in [2.05, 4.69) is 146 Å². The molecule has 0 unspecified atom stereocenters. The number of hydrogen-bond acceptors (Lipinski definition) is 2. The molecule has 0 bridgehead atoms. The Morgan fingerprint density at radius 3 is 0.905 bits per heavy atom. The standard InChI is InChI=1S/C38H28As2O2/c1-5-17-31-27(13-1)28-14-2-6-18-32(28)39(31)35-21-9-11-23-37(35)41-25-26-42-38-24-12-10-22-36(38)40-33-19-7-3-15-29(33)30-16-4-8-20-34(30)40/h1-24H,25-26H2. The van der Waals surface area contributed by atoms with Crippen molar-refractivity contribution in [2.45, 2.75) is 0 Å². The van der Waals surface area contributed by atoms with E-state index in [0.29, 0.717) is 13.2 Å². The van der Waals surface area contributed by atoms with Crippen LogP contribution in [-0.4, -0.2) is 42.5 Å². The molecule has 2 nitrogen and oxygen atoms in total. The first-order valence-electron chi connectivity index (χ1n) is 14.3. The molecule has 4 heteroatoms. The van der Waals surface area contributed by atoms with Crippen molar-refractivity contribution in [1.82, 2.24) is 0 Å². The van der Waals surface area contributed by atoms with Gasteiger partial charge in [0, 0.05) is 0 Å². The minimum absolute atomic E-state index is 0.497. The predicted molar refractivity (Wildman–Crippen MR) is 177 cm³/mol. The van der Waals surface area contributed by atoms with Crippen molar-refractivity contribution in [1.29, 1.82) is 0 Å². The van der Waals surface area contributed by atoms with Crippen LogP contribution in [0.3, 0.4) is 0 Å². The summed E-state index contributed by atoms with van der Waals surface area (Å²) in [5.74, 6) is 1.96. The Morgan fingerprint density at radius 2 is 0.571 bits per heavy atom. The van der Waals surface area contributed by atoms with E-state index < -0.39 is 29.3 Å². The number of rotatable bonds is 7. The summed E-state index contributed by atoms with van der Waals surface area (Å²) < 4.78 is 21.6. The first-order chi connectivity index (χ1) is 20.9. The summed E-state index contributed by atoms with van der Waals surface area (Å²) in [4.78, 5) is 0. The van der Waals surface area contributed by atoms with Gasteiger partial charge in [0.2, 0.25) is 0 Å². The molecule has 2 aliphatic rings. The quantitative estimate of drug-likeness (QED) is 0.188. The Kier molecular flexibility index (Phi) is 6.76. The van der Waals surface area contributed by atoms with Gasteiger partial charge < -0.3 is 0 Å². The molecule has 0 N–H and O–H groups in total. The Bertz CT molecular complexity index is 1700. The Balaban J connectivity index is 1.04. The van der Waals surface area contributed by atoms with Crippen LogP contribution >= 0.6 is 0 Å². The summed E-state index contributed by atoms with van der Waals surface area (Å²) in [6.45, 7) is 0.994. The molecule has 202 valence electrons. The van der Waals surface area contributed by atoms with E-state index in [4.69, 9.17) is 9.47 Å². The number of para-hydroxylation sites is 2. The van der Waals surface area contributed by atoms with E-state index in [1.165, 1.54) is 48.4 Å². The van der Waals surface area contributed by atoms with Crippen molar-refractivity contribution in [2.75, 3.05) is 13.2 Å². The fourth-order valence-electron chi connectivity index (χ4n) is 6.20. The average molecular weight is 666 g/mol. The molecule has 0 saturated carbocycles. The van der Waals surface area contributed by atoms with Gasteiger partial charge in [0.05, 0.1) is 0 Å². The number of hydrogen-bond donors (Lipinski definition) is 0. The maximum absolute atomic E-state index is 6.50. The van der Waals surface area contributed by atoms with Gasteiger partial charge in [-0.2, -0.15) is 0 Å². The van der Waals surface area contributed by atoms with E-state index in [1.807, 2.05) is 0 Å². The summed E-state index contributed by atoms with van der Waals surface area (Å²) in [6.07, 6.45) is 0. The van der Waals surface area contributed by atoms with Gasteiger partial charge >= 0.3 is 257 Å². The van der Waals surface area contributed by atoms with Gasteiger partial charge in [0.1, 0.15) is 0 Å². The van der Waals surface area contributed by atoms with Gasteiger partial charge in [-0.3, -0.25) is 0 Å². The molecule has 0 fully saturated rings. The number of fused-ring (bicyclic) bond motifs is 6. The van der Waals surface area contributed by atoms with Crippen molar-refractivity contribution >= 4 is 55.4 Å². The third-order valence-corrected chi connectivity index (χ3v) is 18.9. The molecule has 6 aromatic rings. The molecular formula is C38H28As2O2. The van der Waals surface area contributed by atoms with Crippen molar-refractivity contribution in [2.24, 2.45) is 0 Å². The second-order valence-electron chi connectivity index (χ2n) is 10.4. The monoisotopic (exact) mass is 666 g/mol. The third-order valence-electron chi connectivity index (χ3n) is 7.97. The molecule has 0 spiro atoms. The van der Waals surface area contributed by atoms with Crippen LogP contribution in [0.4, 0.5) is 0 Å². The van der Waals surface area contributed by atoms with Crippen LogP contribution in [0.25, 0.3) is 22.3 Å². The van der Waals surface area contributed by atoms with Crippen LogP contribution in [0.5, 0.6) is 11.5 Å². The van der Waals surface area contributed by atoms with Crippen LogP contribution in [-0.2, 0) is 0 Å². The summed E-state index contributed by atoms with van der Waals surface area (Å²) in [6, 6.07) is 52.9. The van der Waals surface area contributed by atoms with Crippen LogP contribution in [0.15, 0.2) is 146 Å². The molecule has 0 aliphatic carbocycles. The number of ether oxygens (including phenoxy) is 2. The molecule has 42 heavy (non-hydrogen) atoms. The molecule has 8 rings (SSSR count). The first-order valence-corrected chi connectivity index (χ1v) is 19.9. The van der Waals surface area contributed by atoms with Crippen molar-refractivity contribution < 1.29 is 9.47 Å². The maximum atomic E-state index is 6.50. The van der Waals surface area contributed by atoms with Gasteiger partial charge in [0.15, 0.2) is 0 Å². The van der Waals surface area contributed by atoms with Crippen molar-refractivity contribution in [3.63, 3.8) is 0 Å². The zero-order chi connectivity index (χ0) is 27.9. The molecule has 0 aromatic heterocycles.